The second-order valence-corrected chi connectivity index (χ2v) is 4.52. The molecule has 0 N–H and O–H groups in total. The summed E-state index contributed by atoms with van der Waals surface area (Å²) in [6, 6.07) is 3.62. The predicted octanol–water partition coefficient (Wildman–Crippen LogP) is 3.31. The Hall–Kier alpha value is -1.51. The molecule has 0 radical (unpaired) electrons. The van der Waals surface area contributed by atoms with Gasteiger partial charge in [-0.25, -0.2) is 0 Å². The number of alkyl halides is 4. The number of nitro benzene ring substituents is 1. The van der Waals surface area contributed by atoms with E-state index in [9.17, 15) is 23.3 Å². The third-order valence-electron chi connectivity index (χ3n) is 2.10. The molecule has 9 heteroatoms. The van der Waals surface area contributed by atoms with E-state index in [1.54, 1.807) is 0 Å². The summed E-state index contributed by atoms with van der Waals surface area (Å²) >= 11 is 2.40. The van der Waals surface area contributed by atoms with Crippen molar-refractivity contribution in [2.24, 2.45) is 0 Å². The van der Waals surface area contributed by atoms with E-state index in [-0.39, 0.29) is 11.5 Å². The molecule has 0 heterocycles. The van der Waals surface area contributed by atoms with E-state index in [2.05, 4.69) is 15.9 Å². The summed E-state index contributed by atoms with van der Waals surface area (Å²) in [7, 11) is 1.32. The molecule has 0 amide bonds. The van der Waals surface area contributed by atoms with Gasteiger partial charge in [-0.05, 0) is 12.1 Å². The van der Waals surface area contributed by atoms with Crippen LogP contribution in [0.1, 0.15) is 0 Å². The normalized spacial score (nSPS) is 12.9. The van der Waals surface area contributed by atoms with Crippen LogP contribution >= 0.6 is 15.9 Å². The van der Waals surface area contributed by atoms with Crippen molar-refractivity contribution in [3.63, 3.8) is 0 Å². The molecule has 0 aromatic heterocycles. The highest BCUT2D eigenvalue weighted by Crippen LogP contribution is 2.33. The molecular weight excluding hydrogens is 335 g/mol. The maximum atomic E-state index is 12.2. The average Bonchev–Trinajstić information content (AvgIpc) is 2.34. The fourth-order valence-corrected chi connectivity index (χ4v) is 1.28. The summed E-state index contributed by atoms with van der Waals surface area (Å²) in [5, 5.41) is 10.8. The van der Waals surface area contributed by atoms with Crippen LogP contribution in [0.15, 0.2) is 18.2 Å². The lowest BCUT2D eigenvalue weighted by molar-refractivity contribution is -0.386. The number of rotatable bonds is 5. The summed E-state index contributed by atoms with van der Waals surface area (Å²) in [5.41, 5.74) is -0.457. The van der Waals surface area contributed by atoms with Gasteiger partial charge in [-0.3, -0.25) is 10.1 Å². The van der Waals surface area contributed by atoms with Crippen LogP contribution in [0.25, 0.3) is 0 Å². The number of nitro groups is 1. The second-order valence-electron chi connectivity index (χ2n) is 3.41. The molecule has 5 nitrogen and oxygen atoms in total. The van der Waals surface area contributed by atoms with Gasteiger partial charge in [0.25, 0.3) is 0 Å². The van der Waals surface area contributed by atoms with E-state index in [1.807, 2.05) is 0 Å². The zero-order valence-electron chi connectivity index (χ0n) is 9.61. The van der Waals surface area contributed by atoms with Crippen molar-refractivity contribution in [3.8, 4) is 11.5 Å². The van der Waals surface area contributed by atoms with Gasteiger partial charge in [0.2, 0.25) is 0 Å². The second kappa shape index (κ2) is 6.09. The Morgan fingerprint density at radius 1 is 1.47 bits per heavy atom. The van der Waals surface area contributed by atoms with E-state index in [0.717, 1.165) is 6.07 Å². The van der Waals surface area contributed by atoms with Crippen molar-refractivity contribution in [2.45, 2.75) is 11.0 Å². The third-order valence-corrected chi connectivity index (χ3v) is 2.89. The Balaban J connectivity index is 2.86. The summed E-state index contributed by atoms with van der Waals surface area (Å²) < 4.78 is 46.4. The highest BCUT2D eigenvalue weighted by Gasteiger charge is 2.38. The average molecular weight is 344 g/mol. The van der Waals surface area contributed by atoms with Crippen LogP contribution in [-0.2, 0) is 0 Å². The number of hydrogen-bond donors (Lipinski definition) is 0. The first kappa shape index (κ1) is 15.5. The molecule has 1 aromatic rings. The van der Waals surface area contributed by atoms with Crippen molar-refractivity contribution in [3.05, 3.63) is 28.3 Å². The zero-order valence-corrected chi connectivity index (χ0v) is 11.2. The van der Waals surface area contributed by atoms with Crippen LogP contribution < -0.4 is 9.47 Å². The van der Waals surface area contributed by atoms with Crippen LogP contribution in [0.5, 0.6) is 11.5 Å². The zero-order chi connectivity index (χ0) is 14.6. The first-order valence-corrected chi connectivity index (χ1v) is 5.83. The van der Waals surface area contributed by atoms with Crippen molar-refractivity contribution < 1.29 is 27.6 Å². The van der Waals surface area contributed by atoms with Crippen LogP contribution in [0.4, 0.5) is 18.9 Å². The molecule has 0 aliphatic heterocycles. The Morgan fingerprint density at radius 2 is 2.11 bits per heavy atom. The first-order valence-electron chi connectivity index (χ1n) is 4.91. The van der Waals surface area contributed by atoms with E-state index >= 15 is 0 Å². The minimum atomic E-state index is -4.48. The number of halogens is 4. The number of hydrogen-bond acceptors (Lipinski definition) is 4. The smallest absolute Gasteiger partial charge is 0.404 e. The van der Waals surface area contributed by atoms with Gasteiger partial charge in [0, 0.05) is 0 Å². The molecule has 0 saturated heterocycles. The number of ether oxygens (including phenoxy) is 2. The highest BCUT2D eigenvalue weighted by molar-refractivity contribution is 9.09. The SMILES string of the molecule is COc1ccc(OCC(Br)C(F)(F)F)c([N+](=O)[O-])c1. The maximum Gasteiger partial charge on any atom is 0.404 e. The number of nitrogens with zero attached hydrogens (tertiary/aromatic N) is 1. The molecule has 1 aromatic carbocycles. The van der Waals surface area contributed by atoms with Gasteiger partial charge in [-0.1, -0.05) is 15.9 Å². The number of benzene rings is 1. The van der Waals surface area contributed by atoms with Gasteiger partial charge in [0.05, 0.1) is 18.1 Å². The predicted molar refractivity (Wildman–Crippen MR) is 63.9 cm³/mol. The topological polar surface area (TPSA) is 61.6 Å². The highest BCUT2D eigenvalue weighted by atomic mass is 79.9. The molecule has 0 bridgehead atoms. The summed E-state index contributed by atoms with van der Waals surface area (Å²) in [4.78, 5) is 8.11. The van der Waals surface area contributed by atoms with Gasteiger partial charge >= 0.3 is 11.9 Å². The molecule has 1 atom stereocenters. The molecule has 0 spiro atoms. The standard InChI is InChI=1S/C10H9BrF3NO4/c1-18-6-2-3-8(7(4-6)15(16)17)19-5-9(11)10(12,13)14/h2-4,9H,5H2,1H3. The molecule has 19 heavy (non-hydrogen) atoms. The van der Waals surface area contributed by atoms with E-state index in [0.29, 0.717) is 0 Å². The van der Waals surface area contributed by atoms with Crippen LogP contribution in [0.3, 0.4) is 0 Å². The van der Waals surface area contributed by atoms with Crippen molar-refractivity contribution in [1.82, 2.24) is 0 Å². The van der Waals surface area contributed by atoms with Crippen molar-refractivity contribution >= 4 is 21.6 Å². The molecule has 1 unspecified atom stereocenters. The molecule has 1 rings (SSSR count). The summed E-state index contributed by atoms with van der Waals surface area (Å²) in [5.74, 6) is -0.0373. The van der Waals surface area contributed by atoms with Crippen LogP contribution in [-0.4, -0.2) is 29.6 Å². The summed E-state index contributed by atoms with van der Waals surface area (Å²) in [6.45, 7) is -0.767. The maximum absolute atomic E-state index is 12.2. The van der Waals surface area contributed by atoms with E-state index < -0.39 is 28.2 Å². The van der Waals surface area contributed by atoms with Gasteiger partial charge < -0.3 is 9.47 Å². The Morgan fingerprint density at radius 3 is 2.58 bits per heavy atom. The molecular formula is C10H9BrF3NO4. The Labute approximate surface area is 114 Å². The minimum absolute atomic E-state index is 0.213. The lowest BCUT2D eigenvalue weighted by Crippen LogP contribution is -2.28. The van der Waals surface area contributed by atoms with E-state index in [4.69, 9.17) is 9.47 Å². The Bertz CT molecular complexity index is 467. The first-order chi connectivity index (χ1) is 8.75. The molecule has 0 aliphatic carbocycles. The number of methoxy groups -OCH3 is 1. The summed E-state index contributed by atoms with van der Waals surface area (Å²) in [6.07, 6.45) is -4.48. The van der Waals surface area contributed by atoms with Crippen LogP contribution in [0, 0.1) is 10.1 Å². The monoisotopic (exact) mass is 343 g/mol. The quantitative estimate of drug-likeness (QED) is 0.467. The lowest BCUT2D eigenvalue weighted by Gasteiger charge is -2.15. The largest absolute Gasteiger partial charge is 0.496 e. The van der Waals surface area contributed by atoms with Gasteiger partial charge in [-0.2, -0.15) is 13.2 Å². The fraction of sp³-hybridized carbons (Fsp3) is 0.400. The lowest BCUT2D eigenvalue weighted by atomic mass is 10.3. The molecule has 106 valence electrons. The minimum Gasteiger partial charge on any atom is -0.496 e. The third kappa shape index (κ3) is 4.27. The van der Waals surface area contributed by atoms with E-state index in [1.165, 1.54) is 19.2 Å². The van der Waals surface area contributed by atoms with Gasteiger partial charge in [0.1, 0.15) is 17.2 Å². The van der Waals surface area contributed by atoms with Crippen molar-refractivity contribution in [1.29, 1.82) is 0 Å². The van der Waals surface area contributed by atoms with Gasteiger partial charge in [-0.15, -0.1) is 0 Å². The van der Waals surface area contributed by atoms with Crippen molar-refractivity contribution in [2.75, 3.05) is 13.7 Å². The Kier molecular flexibility index (Phi) is 4.98. The molecule has 0 saturated carbocycles. The molecule has 0 fully saturated rings. The molecule has 0 aliphatic rings. The van der Waals surface area contributed by atoms with Crippen LogP contribution in [0.2, 0.25) is 0 Å². The fourth-order valence-electron chi connectivity index (χ4n) is 1.15. The van der Waals surface area contributed by atoms with Gasteiger partial charge in [0.15, 0.2) is 5.75 Å².